The molecule has 1 aliphatic rings. The van der Waals surface area contributed by atoms with Crippen LogP contribution in [0.4, 0.5) is 0 Å². The van der Waals surface area contributed by atoms with Gasteiger partial charge in [0.05, 0.1) is 25.4 Å². The molecule has 0 spiro atoms. The Bertz CT molecular complexity index is 1030. The van der Waals surface area contributed by atoms with E-state index in [2.05, 4.69) is 55.6 Å². The van der Waals surface area contributed by atoms with Crippen LogP contribution in [0.25, 0.3) is 0 Å². The number of ether oxygens (including phenoxy) is 2. The van der Waals surface area contributed by atoms with Crippen LogP contribution >= 0.6 is 0 Å². The van der Waals surface area contributed by atoms with Gasteiger partial charge >= 0.3 is 0 Å². The molecular formula is C46H83NO9. The summed E-state index contributed by atoms with van der Waals surface area (Å²) in [6.45, 7) is 3.53. The predicted molar refractivity (Wildman–Crippen MR) is 227 cm³/mol. The minimum atomic E-state index is -1.62. The van der Waals surface area contributed by atoms with Crippen molar-refractivity contribution >= 4 is 5.91 Å². The highest BCUT2D eigenvalue weighted by Crippen LogP contribution is 2.22. The van der Waals surface area contributed by atoms with Crippen LogP contribution in [0.1, 0.15) is 174 Å². The number of hydrogen-bond donors (Lipinski definition) is 7. The standard InChI is InChI=1S/C46H83NO9/c1-3-5-7-9-11-13-15-17-18-19-20-21-23-25-27-29-31-33-35-40(50)45(54)47-38(37-55-46-44(53)43(52)42(51)41(36-48)56-46)39(49)34-32-30-28-26-24-22-16-14-12-10-8-6-4-2/h11,13,15,17,24,26,32,34,38-44,46,48-53H,3-10,12,14,16,18-23,25,27-31,33,35-37H2,1-2H3,(H,47,54)/b13-11-,17-15-,26-24+,34-32+. The largest absolute Gasteiger partial charge is 0.394 e. The highest BCUT2D eigenvalue weighted by Gasteiger charge is 2.44. The van der Waals surface area contributed by atoms with E-state index in [-0.39, 0.29) is 6.61 Å². The fourth-order valence-corrected chi connectivity index (χ4v) is 6.76. The molecule has 10 nitrogen and oxygen atoms in total. The van der Waals surface area contributed by atoms with Crippen molar-refractivity contribution < 1.29 is 44.9 Å². The molecule has 8 unspecified atom stereocenters. The molecule has 7 N–H and O–H groups in total. The number of aliphatic hydroxyl groups is 6. The van der Waals surface area contributed by atoms with Crippen LogP contribution in [0.2, 0.25) is 0 Å². The van der Waals surface area contributed by atoms with Gasteiger partial charge < -0.3 is 45.4 Å². The second-order valence-electron chi connectivity index (χ2n) is 15.7. The maximum Gasteiger partial charge on any atom is 0.249 e. The van der Waals surface area contributed by atoms with Crippen molar-refractivity contribution in [3.63, 3.8) is 0 Å². The van der Waals surface area contributed by atoms with Gasteiger partial charge in [-0.3, -0.25) is 4.79 Å². The summed E-state index contributed by atoms with van der Waals surface area (Å²) in [5, 5.41) is 64.5. The van der Waals surface area contributed by atoms with Crippen molar-refractivity contribution in [1.82, 2.24) is 5.32 Å². The number of nitrogens with one attached hydrogen (secondary N) is 1. The van der Waals surface area contributed by atoms with Crippen LogP contribution in [0.5, 0.6) is 0 Å². The average molecular weight is 794 g/mol. The molecule has 0 aromatic carbocycles. The molecule has 0 saturated carbocycles. The summed E-state index contributed by atoms with van der Waals surface area (Å²) in [4.78, 5) is 13.0. The average Bonchev–Trinajstić information content (AvgIpc) is 3.20. The van der Waals surface area contributed by atoms with Gasteiger partial charge in [-0.1, -0.05) is 165 Å². The SMILES string of the molecule is CCCCC/C=C\C=C/CCCCCCCCCCCC(O)C(=O)NC(COC1OC(CO)C(O)C(O)C1O)C(O)/C=C/CC/C=C/CCCCCCCCC. The quantitative estimate of drug-likeness (QED) is 0.0189. The normalized spacial score (nSPS) is 22.2. The van der Waals surface area contributed by atoms with E-state index >= 15 is 0 Å². The molecule has 0 bridgehead atoms. The number of unbranched alkanes of at least 4 members (excludes halogenated alkanes) is 20. The Morgan fingerprint density at radius 2 is 1.11 bits per heavy atom. The molecule has 0 radical (unpaired) electrons. The monoisotopic (exact) mass is 794 g/mol. The molecule has 1 saturated heterocycles. The Kier molecular flexibility index (Phi) is 33.7. The van der Waals surface area contributed by atoms with Crippen molar-refractivity contribution in [2.45, 2.75) is 223 Å². The van der Waals surface area contributed by atoms with E-state index in [9.17, 15) is 35.4 Å². The zero-order valence-electron chi connectivity index (χ0n) is 35.2. The Hall–Kier alpha value is -1.89. The Balaban J connectivity index is 2.44. The molecule has 1 heterocycles. The third kappa shape index (κ3) is 26.2. The molecule has 0 aromatic heterocycles. The molecular weight excluding hydrogens is 711 g/mol. The van der Waals surface area contributed by atoms with Crippen LogP contribution in [-0.2, 0) is 14.3 Å². The fraction of sp³-hybridized carbons (Fsp3) is 0.804. The van der Waals surface area contributed by atoms with Crippen molar-refractivity contribution in [2.24, 2.45) is 0 Å². The minimum Gasteiger partial charge on any atom is -0.394 e. The molecule has 1 rings (SSSR count). The fourth-order valence-electron chi connectivity index (χ4n) is 6.76. The van der Waals surface area contributed by atoms with Crippen LogP contribution in [0, 0.1) is 0 Å². The first-order valence-electron chi connectivity index (χ1n) is 22.5. The molecule has 1 amide bonds. The zero-order chi connectivity index (χ0) is 41.1. The van der Waals surface area contributed by atoms with Crippen molar-refractivity contribution in [2.75, 3.05) is 13.2 Å². The van der Waals surface area contributed by atoms with E-state index < -0.39 is 61.5 Å². The van der Waals surface area contributed by atoms with Crippen LogP contribution in [0.15, 0.2) is 48.6 Å². The van der Waals surface area contributed by atoms with E-state index in [0.717, 1.165) is 38.5 Å². The first kappa shape index (κ1) is 52.1. The maximum absolute atomic E-state index is 13.0. The van der Waals surface area contributed by atoms with E-state index in [4.69, 9.17) is 9.47 Å². The molecule has 10 heteroatoms. The van der Waals surface area contributed by atoms with Gasteiger partial charge in [0.2, 0.25) is 5.91 Å². The summed E-state index contributed by atoms with van der Waals surface area (Å²) >= 11 is 0. The number of rotatable bonds is 36. The van der Waals surface area contributed by atoms with Gasteiger partial charge in [-0.15, -0.1) is 0 Å². The van der Waals surface area contributed by atoms with Crippen LogP contribution < -0.4 is 5.32 Å². The predicted octanol–water partition coefficient (Wildman–Crippen LogP) is 8.03. The van der Waals surface area contributed by atoms with Gasteiger partial charge in [-0.25, -0.2) is 0 Å². The zero-order valence-corrected chi connectivity index (χ0v) is 35.2. The molecule has 56 heavy (non-hydrogen) atoms. The van der Waals surface area contributed by atoms with Gasteiger partial charge in [0.15, 0.2) is 6.29 Å². The molecule has 0 aromatic rings. The summed E-state index contributed by atoms with van der Waals surface area (Å²) < 4.78 is 11.1. The lowest BCUT2D eigenvalue weighted by molar-refractivity contribution is -0.302. The summed E-state index contributed by atoms with van der Waals surface area (Å²) in [5.41, 5.74) is 0. The summed E-state index contributed by atoms with van der Waals surface area (Å²) in [6, 6.07) is -0.998. The van der Waals surface area contributed by atoms with Crippen LogP contribution in [0.3, 0.4) is 0 Å². The summed E-state index contributed by atoms with van der Waals surface area (Å²) in [5.74, 6) is -0.633. The number of aliphatic hydroxyl groups excluding tert-OH is 6. The second kappa shape index (κ2) is 36.2. The first-order valence-corrected chi connectivity index (χ1v) is 22.5. The number of carbonyl (C=O) groups excluding carboxylic acids is 1. The lowest BCUT2D eigenvalue weighted by Gasteiger charge is -2.40. The molecule has 1 fully saturated rings. The van der Waals surface area contributed by atoms with Gasteiger partial charge in [0.25, 0.3) is 0 Å². The third-order valence-corrected chi connectivity index (χ3v) is 10.5. The molecule has 8 atom stereocenters. The molecule has 0 aliphatic carbocycles. The molecule has 1 aliphatic heterocycles. The topological polar surface area (TPSA) is 169 Å². The highest BCUT2D eigenvalue weighted by molar-refractivity contribution is 5.80. The van der Waals surface area contributed by atoms with Gasteiger partial charge in [-0.05, 0) is 57.8 Å². The van der Waals surface area contributed by atoms with E-state index in [1.165, 1.54) is 103 Å². The Morgan fingerprint density at radius 1 is 0.625 bits per heavy atom. The van der Waals surface area contributed by atoms with Gasteiger partial charge in [0.1, 0.15) is 30.5 Å². The highest BCUT2D eigenvalue weighted by atomic mass is 16.7. The van der Waals surface area contributed by atoms with E-state index in [1.807, 2.05) is 6.08 Å². The summed E-state index contributed by atoms with van der Waals surface area (Å²) in [6.07, 6.45) is 34.8. The lowest BCUT2D eigenvalue weighted by Crippen LogP contribution is -2.60. The minimum absolute atomic E-state index is 0.296. The smallest absolute Gasteiger partial charge is 0.249 e. The van der Waals surface area contributed by atoms with Gasteiger partial charge in [0, 0.05) is 0 Å². The second-order valence-corrected chi connectivity index (χ2v) is 15.7. The van der Waals surface area contributed by atoms with Crippen molar-refractivity contribution in [3.8, 4) is 0 Å². The lowest BCUT2D eigenvalue weighted by atomic mass is 9.99. The van der Waals surface area contributed by atoms with E-state index in [0.29, 0.717) is 19.3 Å². The number of amides is 1. The van der Waals surface area contributed by atoms with E-state index in [1.54, 1.807) is 6.08 Å². The Labute approximate surface area is 340 Å². The van der Waals surface area contributed by atoms with Crippen molar-refractivity contribution in [1.29, 1.82) is 0 Å². The van der Waals surface area contributed by atoms with Crippen molar-refractivity contribution in [3.05, 3.63) is 48.6 Å². The summed E-state index contributed by atoms with van der Waals surface area (Å²) in [7, 11) is 0. The van der Waals surface area contributed by atoms with Gasteiger partial charge in [-0.2, -0.15) is 0 Å². The Morgan fingerprint density at radius 3 is 1.70 bits per heavy atom. The van der Waals surface area contributed by atoms with Crippen LogP contribution in [-0.4, -0.2) is 98.7 Å². The third-order valence-electron chi connectivity index (χ3n) is 10.5. The number of allylic oxidation sites excluding steroid dienone is 7. The molecule has 326 valence electrons. The number of hydrogen-bond acceptors (Lipinski definition) is 9. The first-order chi connectivity index (χ1) is 27.3. The number of carbonyl (C=O) groups is 1. The maximum atomic E-state index is 13.0.